The Morgan fingerprint density at radius 1 is 1.23 bits per heavy atom. The monoisotopic (exact) mass is 428 g/mol. The molecule has 3 rings (SSSR count). The van der Waals surface area contributed by atoms with Gasteiger partial charge in [0.15, 0.2) is 0 Å². The van der Waals surface area contributed by atoms with Crippen LogP contribution in [0.2, 0.25) is 0 Å². The summed E-state index contributed by atoms with van der Waals surface area (Å²) in [5.74, 6) is -0.365. The van der Waals surface area contributed by atoms with Crippen molar-refractivity contribution < 1.29 is 19.2 Å². The van der Waals surface area contributed by atoms with Crippen LogP contribution in [0.15, 0.2) is 42.5 Å². The maximum Gasteiger partial charge on any atom is 0.293 e. The predicted molar refractivity (Wildman–Crippen MR) is 119 cm³/mol. The Morgan fingerprint density at radius 3 is 2.58 bits per heavy atom. The smallest absolute Gasteiger partial charge is 0.293 e. The minimum absolute atomic E-state index is 0.147. The molecule has 166 valence electrons. The van der Waals surface area contributed by atoms with E-state index in [0.29, 0.717) is 18.8 Å². The second-order valence-corrected chi connectivity index (χ2v) is 7.29. The topological polar surface area (TPSA) is 106 Å². The minimum Gasteiger partial charge on any atom is -0.383 e. The van der Waals surface area contributed by atoms with Gasteiger partial charge in [-0.3, -0.25) is 14.9 Å². The fourth-order valence-electron chi connectivity index (χ4n) is 3.42. The van der Waals surface area contributed by atoms with Crippen molar-refractivity contribution in [2.24, 2.45) is 0 Å². The summed E-state index contributed by atoms with van der Waals surface area (Å²) in [6.45, 7) is 5.90. The van der Waals surface area contributed by atoms with E-state index in [0.717, 1.165) is 37.6 Å². The normalized spacial score (nSPS) is 14.7. The van der Waals surface area contributed by atoms with E-state index in [1.54, 1.807) is 19.2 Å². The Balaban J connectivity index is 1.65. The largest absolute Gasteiger partial charge is 0.383 e. The zero-order chi connectivity index (χ0) is 22.2. The third-order valence-corrected chi connectivity index (χ3v) is 5.20. The van der Waals surface area contributed by atoms with Crippen LogP contribution < -0.4 is 15.5 Å². The summed E-state index contributed by atoms with van der Waals surface area (Å²) in [6, 6.07) is 12.2. The Bertz CT molecular complexity index is 897. The summed E-state index contributed by atoms with van der Waals surface area (Å²) in [7, 11) is 1.56. The second-order valence-electron chi connectivity index (χ2n) is 7.29. The highest BCUT2D eigenvalue weighted by atomic mass is 16.6. The zero-order valence-electron chi connectivity index (χ0n) is 17.8. The highest BCUT2D eigenvalue weighted by Crippen LogP contribution is 2.26. The van der Waals surface area contributed by atoms with Crippen LogP contribution in [0.5, 0.6) is 0 Å². The molecule has 0 aromatic heterocycles. The van der Waals surface area contributed by atoms with Crippen molar-refractivity contribution in [2.45, 2.75) is 13.0 Å². The number of nitrogens with one attached hydrogen (secondary N) is 2. The Kier molecular flexibility index (Phi) is 7.80. The van der Waals surface area contributed by atoms with Crippen LogP contribution in [0.4, 0.5) is 17.1 Å². The summed E-state index contributed by atoms with van der Waals surface area (Å²) >= 11 is 0. The first-order chi connectivity index (χ1) is 15.0. The van der Waals surface area contributed by atoms with Crippen LogP contribution in [-0.2, 0) is 9.47 Å². The first kappa shape index (κ1) is 22.5. The van der Waals surface area contributed by atoms with Crippen molar-refractivity contribution >= 4 is 23.0 Å². The lowest BCUT2D eigenvalue weighted by Gasteiger charge is -2.29. The number of hydrogen-bond acceptors (Lipinski definition) is 7. The molecule has 1 heterocycles. The average molecular weight is 428 g/mol. The standard InChI is InChI=1S/C22H28N4O5/c1-16(17-3-6-19(7-4-17)25-10-13-31-14-11-25)24-22(27)18-5-8-20(23-9-12-30-2)21(15-18)26(28)29/h3-8,15-16,23H,9-14H2,1-2H3,(H,24,27). The van der Waals surface area contributed by atoms with Crippen molar-refractivity contribution in [1.29, 1.82) is 0 Å². The van der Waals surface area contributed by atoms with Crippen LogP contribution in [0.1, 0.15) is 28.9 Å². The number of hydrogen-bond donors (Lipinski definition) is 2. The van der Waals surface area contributed by atoms with E-state index in [-0.39, 0.29) is 23.2 Å². The van der Waals surface area contributed by atoms with E-state index in [4.69, 9.17) is 9.47 Å². The number of amides is 1. The van der Waals surface area contributed by atoms with Gasteiger partial charge in [-0.05, 0) is 36.8 Å². The van der Waals surface area contributed by atoms with Crippen molar-refractivity contribution in [3.05, 3.63) is 63.7 Å². The van der Waals surface area contributed by atoms with Gasteiger partial charge in [0.1, 0.15) is 5.69 Å². The van der Waals surface area contributed by atoms with Gasteiger partial charge < -0.3 is 25.0 Å². The lowest BCUT2D eigenvalue weighted by Crippen LogP contribution is -2.36. The van der Waals surface area contributed by atoms with Crippen molar-refractivity contribution in [2.75, 3.05) is 56.8 Å². The zero-order valence-corrected chi connectivity index (χ0v) is 17.8. The molecule has 0 saturated carbocycles. The van der Waals surface area contributed by atoms with E-state index in [1.165, 1.54) is 6.07 Å². The van der Waals surface area contributed by atoms with E-state index >= 15 is 0 Å². The number of nitro benzene ring substituents is 1. The Labute approximate surface area is 181 Å². The molecule has 1 atom stereocenters. The number of anilines is 2. The fourth-order valence-corrected chi connectivity index (χ4v) is 3.42. The van der Waals surface area contributed by atoms with E-state index in [2.05, 4.69) is 15.5 Å². The van der Waals surface area contributed by atoms with Crippen LogP contribution in [-0.4, -0.2) is 57.4 Å². The van der Waals surface area contributed by atoms with Gasteiger partial charge in [-0.25, -0.2) is 0 Å². The second kappa shape index (κ2) is 10.7. The van der Waals surface area contributed by atoms with Crippen molar-refractivity contribution in [3.8, 4) is 0 Å². The minimum atomic E-state index is -0.500. The summed E-state index contributed by atoms with van der Waals surface area (Å²) < 4.78 is 10.3. The summed E-state index contributed by atoms with van der Waals surface area (Å²) in [6.07, 6.45) is 0. The molecule has 1 fully saturated rings. The van der Waals surface area contributed by atoms with Gasteiger partial charge in [0.05, 0.1) is 30.8 Å². The van der Waals surface area contributed by atoms with Crippen LogP contribution in [0, 0.1) is 10.1 Å². The molecule has 0 spiro atoms. The number of nitrogens with zero attached hydrogens (tertiary/aromatic N) is 2. The first-order valence-electron chi connectivity index (χ1n) is 10.2. The molecule has 2 aromatic carbocycles. The third-order valence-electron chi connectivity index (χ3n) is 5.20. The van der Waals surface area contributed by atoms with Gasteiger partial charge in [-0.2, -0.15) is 0 Å². The maximum atomic E-state index is 12.7. The number of methoxy groups -OCH3 is 1. The molecular weight excluding hydrogens is 400 g/mol. The quantitative estimate of drug-likeness (QED) is 0.359. The molecule has 2 aromatic rings. The number of ether oxygens (including phenoxy) is 2. The highest BCUT2D eigenvalue weighted by molar-refractivity contribution is 5.96. The molecule has 9 heteroatoms. The van der Waals surface area contributed by atoms with Crippen LogP contribution in [0.3, 0.4) is 0 Å². The van der Waals surface area contributed by atoms with Gasteiger partial charge in [-0.1, -0.05) is 12.1 Å². The number of nitro groups is 1. The number of morpholine rings is 1. The predicted octanol–water partition coefficient (Wildman–Crippen LogP) is 2.98. The lowest BCUT2D eigenvalue weighted by atomic mass is 10.1. The van der Waals surface area contributed by atoms with Gasteiger partial charge in [0.25, 0.3) is 11.6 Å². The molecular formula is C22H28N4O5. The molecule has 1 saturated heterocycles. The van der Waals surface area contributed by atoms with Crippen molar-refractivity contribution in [1.82, 2.24) is 5.32 Å². The van der Waals surface area contributed by atoms with Crippen LogP contribution >= 0.6 is 0 Å². The van der Waals surface area contributed by atoms with E-state index in [9.17, 15) is 14.9 Å². The summed E-state index contributed by atoms with van der Waals surface area (Å²) in [5.41, 5.74) is 2.52. The van der Waals surface area contributed by atoms with E-state index in [1.807, 2.05) is 31.2 Å². The Morgan fingerprint density at radius 2 is 1.94 bits per heavy atom. The van der Waals surface area contributed by atoms with Gasteiger partial charge in [0.2, 0.25) is 0 Å². The van der Waals surface area contributed by atoms with Gasteiger partial charge >= 0.3 is 0 Å². The molecule has 9 nitrogen and oxygen atoms in total. The third kappa shape index (κ3) is 5.93. The Hall–Kier alpha value is -3.17. The molecule has 1 aliphatic rings. The SMILES string of the molecule is COCCNc1ccc(C(=O)NC(C)c2ccc(N3CCOCC3)cc2)cc1[N+](=O)[O-]. The molecule has 0 radical (unpaired) electrons. The molecule has 0 aliphatic carbocycles. The fraction of sp³-hybridized carbons (Fsp3) is 0.409. The maximum absolute atomic E-state index is 12.7. The van der Waals surface area contributed by atoms with Gasteiger partial charge in [-0.15, -0.1) is 0 Å². The lowest BCUT2D eigenvalue weighted by molar-refractivity contribution is -0.384. The molecule has 1 aliphatic heterocycles. The number of rotatable bonds is 9. The highest BCUT2D eigenvalue weighted by Gasteiger charge is 2.19. The molecule has 1 amide bonds. The van der Waals surface area contributed by atoms with Gasteiger partial charge in [0, 0.05) is 44.1 Å². The van der Waals surface area contributed by atoms with Crippen molar-refractivity contribution in [3.63, 3.8) is 0 Å². The molecule has 1 unspecified atom stereocenters. The number of carbonyl (C=O) groups excluding carboxylic acids is 1. The number of benzene rings is 2. The van der Waals surface area contributed by atoms with Crippen LogP contribution in [0.25, 0.3) is 0 Å². The summed E-state index contributed by atoms with van der Waals surface area (Å²) in [4.78, 5) is 25.9. The summed E-state index contributed by atoms with van der Waals surface area (Å²) in [5, 5.41) is 17.3. The number of carbonyl (C=O) groups is 1. The van der Waals surface area contributed by atoms with E-state index < -0.39 is 4.92 Å². The average Bonchev–Trinajstić information content (AvgIpc) is 2.80. The molecule has 0 bridgehead atoms. The molecule has 2 N–H and O–H groups in total. The first-order valence-corrected chi connectivity index (χ1v) is 10.2. The molecule has 31 heavy (non-hydrogen) atoms.